The van der Waals surface area contributed by atoms with E-state index in [2.05, 4.69) is 27.0 Å². The molecule has 2 N–H and O–H groups in total. The summed E-state index contributed by atoms with van der Waals surface area (Å²) in [4.78, 5) is 22.5. The van der Waals surface area contributed by atoms with Gasteiger partial charge in [0.15, 0.2) is 5.82 Å². The minimum absolute atomic E-state index is 0.107. The van der Waals surface area contributed by atoms with Gasteiger partial charge in [0.05, 0.1) is 48.0 Å². The number of ether oxygens (including phenoxy) is 1. The van der Waals surface area contributed by atoms with Gasteiger partial charge < -0.3 is 24.3 Å². The van der Waals surface area contributed by atoms with Crippen LogP contribution in [0.5, 0.6) is 0 Å². The molecule has 0 bridgehead atoms. The molecule has 32 heavy (non-hydrogen) atoms. The number of aliphatic hydroxyl groups is 1. The van der Waals surface area contributed by atoms with Crippen LogP contribution in [0.1, 0.15) is 37.1 Å². The first-order valence-corrected chi connectivity index (χ1v) is 10.9. The summed E-state index contributed by atoms with van der Waals surface area (Å²) in [5.74, 6) is 0.970. The quantitative estimate of drug-likeness (QED) is 0.407. The summed E-state index contributed by atoms with van der Waals surface area (Å²) in [5.41, 5.74) is 3.31. The molecule has 1 aliphatic rings. The molecule has 3 aromatic heterocycles. The second kappa shape index (κ2) is 9.62. The van der Waals surface area contributed by atoms with E-state index in [1.807, 2.05) is 19.9 Å². The van der Waals surface area contributed by atoms with Gasteiger partial charge in [-0.05, 0) is 45.6 Å². The summed E-state index contributed by atoms with van der Waals surface area (Å²) < 4.78 is 12.5. The fraction of sp³-hybridized carbons (Fsp3) is 0.478. The molecule has 3 aromatic rings. The summed E-state index contributed by atoms with van der Waals surface area (Å²) in [6, 6.07) is 1.96. The van der Waals surface area contributed by atoms with Crippen molar-refractivity contribution < 1.29 is 14.4 Å². The van der Waals surface area contributed by atoms with Crippen LogP contribution in [0.3, 0.4) is 0 Å². The number of aryl methyl sites for hydroxylation is 2. The van der Waals surface area contributed by atoms with Crippen LogP contribution in [-0.4, -0.2) is 50.2 Å². The van der Waals surface area contributed by atoms with Gasteiger partial charge in [-0.25, -0.2) is 4.98 Å². The van der Waals surface area contributed by atoms with Crippen LogP contribution >= 0.6 is 0 Å². The first-order valence-electron chi connectivity index (χ1n) is 10.9. The minimum Gasteiger partial charge on any atom is -0.393 e. The molecule has 0 aliphatic heterocycles. The molecule has 4 rings (SSSR count). The van der Waals surface area contributed by atoms with E-state index in [9.17, 15) is 9.90 Å². The predicted molar refractivity (Wildman–Crippen MR) is 122 cm³/mol. The molecule has 9 nitrogen and oxygen atoms in total. The minimum atomic E-state index is -0.261. The van der Waals surface area contributed by atoms with Gasteiger partial charge in [0.25, 0.3) is 5.56 Å². The van der Waals surface area contributed by atoms with Crippen LogP contribution in [0.25, 0.3) is 22.3 Å². The fourth-order valence-electron chi connectivity index (χ4n) is 4.18. The zero-order valence-corrected chi connectivity index (χ0v) is 18.5. The Morgan fingerprint density at radius 3 is 2.81 bits per heavy atom. The Hall–Kier alpha value is -3.04. The fourth-order valence-corrected chi connectivity index (χ4v) is 4.18. The maximum Gasteiger partial charge on any atom is 0.293 e. The van der Waals surface area contributed by atoms with Crippen LogP contribution in [0.2, 0.25) is 0 Å². The molecule has 1 saturated carbocycles. The number of anilines is 1. The van der Waals surface area contributed by atoms with E-state index in [1.54, 1.807) is 16.8 Å². The van der Waals surface area contributed by atoms with Crippen molar-refractivity contribution in [1.29, 1.82) is 0 Å². The molecule has 170 valence electrons. The van der Waals surface area contributed by atoms with Gasteiger partial charge in [-0.3, -0.25) is 9.78 Å². The Balaban J connectivity index is 1.74. The lowest BCUT2D eigenvalue weighted by molar-refractivity contribution is 0.126. The molecule has 0 saturated heterocycles. The summed E-state index contributed by atoms with van der Waals surface area (Å²) in [6.45, 7) is 8.51. The number of hydrogen-bond acceptors (Lipinski definition) is 8. The molecule has 0 atom stereocenters. The van der Waals surface area contributed by atoms with Gasteiger partial charge in [-0.15, -0.1) is 6.58 Å². The van der Waals surface area contributed by atoms with Crippen molar-refractivity contribution in [3.05, 3.63) is 46.7 Å². The van der Waals surface area contributed by atoms with Gasteiger partial charge in [0.2, 0.25) is 0 Å². The average Bonchev–Trinajstić information content (AvgIpc) is 3.12. The van der Waals surface area contributed by atoms with E-state index < -0.39 is 0 Å². The molecule has 0 aromatic carbocycles. The predicted octanol–water partition coefficient (Wildman–Crippen LogP) is 2.98. The van der Waals surface area contributed by atoms with Crippen LogP contribution in [-0.2, 0) is 11.3 Å². The lowest BCUT2D eigenvalue weighted by Crippen LogP contribution is -2.33. The molecule has 3 heterocycles. The Labute approximate surface area is 186 Å². The highest BCUT2D eigenvalue weighted by molar-refractivity contribution is 5.81. The van der Waals surface area contributed by atoms with Gasteiger partial charge >= 0.3 is 0 Å². The van der Waals surface area contributed by atoms with E-state index in [-0.39, 0.29) is 17.7 Å². The monoisotopic (exact) mass is 439 g/mol. The van der Waals surface area contributed by atoms with E-state index in [1.165, 1.54) is 0 Å². The number of nitrogens with zero attached hydrogens (tertiary/aromatic N) is 4. The molecule has 0 unspecified atom stereocenters. The number of aromatic nitrogens is 4. The highest BCUT2D eigenvalue weighted by Crippen LogP contribution is 2.27. The highest BCUT2D eigenvalue weighted by atomic mass is 16.5. The largest absolute Gasteiger partial charge is 0.393 e. The third kappa shape index (κ3) is 4.58. The Bertz CT molecular complexity index is 1140. The van der Waals surface area contributed by atoms with Crippen LogP contribution in [0.4, 0.5) is 5.82 Å². The maximum absolute atomic E-state index is 13.4. The lowest BCUT2D eigenvalue weighted by Gasteiger charge is -2.26. The summed E-state index contributed by atoms with van der Waals surface area (Å²) in [7, 11) is 0. The second-order valence-electron chi connectivity index (χ2n) is 8.19. The van der Waals surface area contributed by atoms with E-state index in [4.69, 9.17) is 9.26 Å². The van der Waals surface area contributed by atoms with Crippen LogP contribution in [0.15, 0.2) is 34.2 Å². The van der Waals surface area contributed by atoms with Crippen molar-refractivity contribution in [2.24, 2.45) is 0 Å². The molecule has 0 spiro atoms. The first-order chi connectivity index (χ1) is 15.5. The SMILES string of the molecule is C=CCOCCn1c(=O)c(NC2CCC(O)CC2)nc2cnc(-c3c(C)noc3C)cc21. The molecule has 0 amide bonds. The van der Waals surface area contributed by atoms with Gasteiger partial charge in [0.1, 0.15) is 11.3 Å². The van der Waals surface area contributed by atoms with Gasteiger partial charge in [-0.2, -0.15) is 0 Å². The number of pyridine rings is 1. The van der Waals surface area contributed by atoms with Crippen molar-refractivity contribution in [2.75, 3.05) is 18.5 Å². The normalized spacial score (nSPS) is 18.7. The van der Waals surface area contributed by atoms with Crippen molar-refractivity contribution in [3.8, 4) is 11.3 Å². The van der Waals surface area contributed by atoms with Gasteiger partial charge in [0, 0.05) is 12.6 Å². The molecule has 1 fully saturated rings. The first kappa shape index (κ1) is 22.2. The Morgan fingerprint density at radius 1 is 1.34 bits per heavy atom. The van der Waals surface area contributed by atoms with Crippen molar-refractivity contribution in [1.82, 2.24) is 19.7 Å². The molecule has 1 aliphatic carbocycles. The van der Waals surface area contributed by atoms with E-state index >= 15 is 0 Å². The number of hydrogen-bond donors (Lipinski definition) is 2. The molecule has 0 radical (unpaired) electrons. The number of fused-ring (bicyclic) bond motifs is 1. The molecule has 9 heteroatoms. The Kier molecular flexibility index (Phi) is 6.66. The number of aliphatic hydroxyl groups excluding tert-OH is 1. The topological polar surface area (TPSA) is 115 Å². The number of rotatable bonds is 8. The summed E-state index contributed by atoms with van der Waals surface area (Å²) in [5, 5.41) is 17.1. The second-order valence-corrected chi connectivity index (χ2v) is 8.19. The zero-order chi connectivity index (χ0) is 22.7. The highest BCUT2D eigenvalue weighted by Gasteiger charge is 2.22. The zero-order valence-electron chi connectivity index (χ0n) is 18.5. The van der Waals surface area contributed by atoms with Crippen LogP contribution < -0.4 is 10.9 Å². The third-order valence-electron chi connectivity index (χ3n) is 5.85. The van der Waals surface area contributed by atoms with Crippen molar-refractivity contribution >= 4 is 16.9 Å². The van der Waals surface area contributed by atoms with Gasteiger partial charge in [-0.1, -0.05) is 11.2 Å². The standard InChI is InChI=1S/C23H29N5O4/c1-4-10-31-11-9-28-20-12-18(21-14(2)27-32-15(21)3)24-13-19(20)26-22(23(28)30)25-16-5-7-17(29)8-6-16/h4,12-13,16-17,29H,1,5-11H2,2-3H3,(H,25,26). The molecular formula is C23H29N5O4. The summed E-state index contributed by atoms with van der Waals surface area (Å²) >= 11 is 0. The third-order valence-corrected chi connectivity index (χ3v) is 5.85. The lowest BCUT2D eigenvalue weighted by atomic mass is 9.93. The van der Waals surface area contributed by atoms with E-state index in [0.29, 0.717) is 48.1 Å². The molecular weight excluding hydrogens is 410 g/mol. The smallest absolute Gasteiger partial charge is 0.293 e. The summed E-state index contributed by atoms with van der Waals surface area (Å²) in [6.07, 6.45) is 6.12. The Morgan fingerprint density at radius 2 is 2.12 bits per heavy atom. The van der Waals surface area contributed by atoms with Crippen molar-refractivity contribution in [3.63, 3.8) is 0 Å². The van der Waals surface area contributed by atoms with E-state index in [0.717, 1.165) is 36.9 Å². The average molecular weight is 440 g/mol. The maximum atomic E-state index is 13.4. The number of nitrogens with one attached hydrogen (secondary N) is 1. The van der Waals surface area contributed by atoms with Crippen molar-refractivity contribution in [2.45, 2.75) is 58.2 Å². The van der Waals surface area contributed by atoms with Crippen LogP contribution in [0, 0.1) is 13.8 Å².